The molecule has 0 spiro atoms. The predicted molar refractivity (Wildman–Crippen MR) is 71.9 cm³/mol. The smallest absolute Gasteiger partial charge is 0.172 e. The van der Waals surface area contributed by atoms with Gasteiger partial charge in [-0.3, -0.25) is 0 Å². The lowest BCUT2D eigenvalue weighted by Gasteiger charge is -2.25. The van der Waals surface area contributed by atoms with Gasteiger partial charge in [0.2, 0.25) is 0 Å². The van der Waals surface area contributed by atoms with Crippen molar-refractivity contribution in [1.82, 2.24) is 0 Å². The van der Waals surface area contributed by atoms with Crippen molar-refractivity contribution < 1.29 is 5.21 Å². The number of hydrogen-bond acceptors (Lipinski definition) is 3. The maximum absolute atomic E-state index is 8.83. The standard InChI is InChI=1S/C13H21N3O/c1-4-8-16(5-2)12-7-6-10(3)9-11(12)13(14)15-17/h6-7,9,17H,4-5,8H2,1-3H3,(H2,14,15). The molecule has 0 saturated carbocycles. The van der Waals surface area contributed by atoms with Crippen molar-refractivity contribution in [3.05, 3.63) is 29.3 Å². The van der Waals surface area contributed by atoms with Crippen molar-refractivity contribution in [2.24, 2.45) is 10.9 Å². The van der Waals surface area contributed by atoms with Crippen molar-refractivity contribution in [3.8, 4) is 0 Å². The summed E-state index contributed by atoms with van der Waals surface area (Å²) in [5.74, 6) is 0.165. The van der Waals surface area contributed by atoms with Crippen LogP contribution in [0.1, 0.15) is 31.4 Å². The Hall–Kier alpha value is -1.71. The first-order valence-electron chi connectivity index (χ1n) is 5.97. The number of nitrogens with zero attached hydrogens (tertiary/aromatic N) is 2. The summed E-state index contributed by atoms with van der Waals surface area (Å²) in [6.07, 6.45) is 1.07. The van der Waals surface area contributed by atoms with Gasteiger partial charge < -0.3 is 15.8 Å². The molecule has 4 nitrogen and oxygen atoms in total. The summed E-state index contributed by atoms with van der Waals surface area (Å²) in [5, 5.41) is 11.9. The first-order chi connectivity index (χ1) is 8.13. The molecule has 0 fully saturated rings. The quantitative estimate of drug-likeness (QED) is 0.356. The van der Waals surface area contributed by atoms with E-state index >= 15 is 0 Å². The van der Waals surface area contributed by atoms with Crippen molar-refractivity contribution in [2.75, 3.05) is 18.0 Å². The first-order valence-corrected chi connectivity index (χ1v) is 5.97. The Morgan fingerprint density at radius 1 is 1.41 bits per heavy atom. The summed E-state index contributed by atoms with van der Waals surface area (Å²) in [4.78, 5) is 2.23. The normalized spacial score (nSPS) is 11.6. The minimum atomic E-state index is 0.165. The molecule has 0 aromatic heterocycles. The molecule has 94 valence electrons. The Labute approximate surface area is 103 Å². The molecular weight excluding hydrogens is 214 g/mol. The van der Waals surface area contributed by atoms with E-state index in [-0.39, 0.29) is 5.84 Å². The highest BCUT2D eigenvalue weighted by Crippen LogP contribution is 2.22. The van der Waals surface area contributed by atoms with Gasteiger partial charge in [-0.25, -0.2) is 0 Å². The number of rotatable bonds is 5. The SMILES string of the molecule is CCCN(CC)c1ccc(C)cc1/C(N)=N/O. The van der Waals surface area contributed by atoms with Gasteiger partial charge >= 0.3 is 0 Å². The van der Waals surface area contributed by atoms with Gasteiger partial charge in [0.05, 0.1) is 0 Å². The Balaban J connectivity index is 3.21. The Bertz CT molecular complexity index is 402. The molecule has 0 radical (unpaired) electrons. The van der Waals surface area contributed by atoms with Gasteiger partial charge in [0.15, 0.2) is 5.84 Å². The van der Waals surface area contributed by atoms with E-state index in [2.05, 4.69) is 23.9 Å². The molecule has 1 rings (SSSR count). The van der Waals surface area contributed by atoms with Crippen LogP contribution < -0.4 is 10.6 Å². The van der Waals surface area contributed by atoms with E-state index in [0.29, 0.717) is 0 Å². The minimum Gasteiger partial charge on any atom is -0.409 e. The van der Waals surface area contributed by atoms with Crippen LogP contribution >= 0.6 is 0 Å². The highest BCUT2D eigenvalue weighted by Gasteiger charge is 2.12. The number of amidine groups is 1. The molecule has 0 aliphatic carbocycles. The second kappa shape index (κ2) is 6.13. The van der Waals surface area contributed by atoms with Crippen molar-refractivity contribution in [2.45, 2.75) is 27.2 Å². The van der Waals surface area contributed by atoms with Gasteiger partial charge in [0.1, 0.15) is 0 Å². The van der Waals surface area contributed by atoms with E-state index in [1.807, 2.05) is 25.1 Å². The van der Waals surface area contributed by atoms with Crippen molar-refractivity contribution in [1.29, 1.82) is 0 Å². The molecule has 4 heteroatoms. The van der Waals surface area contributed by atoms with Gasteiger partial charge in [-0.15, -0.1) is 0 Å². The average Bonchev–Trinajstić information content (AvgIpc) is 2.35. The van der Waals surface area contributed by atoms with Gasteiger partial charge in [0, 0.05) is 24.3 Å². The predicted octanol–water partition coefficient (Wildman–Crippen LogP) is 2.33. The van der Waals surface area contributed by atoms with Crippen LogP contribution in [0.4, 0.5) is 5.69 Å². The third-order valence-corrected chi connectivity index (χ3v) is 2.75. The number of nitrogens with two attached hydrogens (primary N) is 1. The maximum Gasteiger partial charge on any atom is 0.172 e. The molecule has 1 aromatic carbocycles. The molecule has 0 unspecified atom stereocenters. The number of aryl methyl sites for hydroxylation is 1. The van der Waals surface area contributed by atoms with Gasteiger partial charge in [-0.1, -0.05) is 23.7 Å². The summed E-state index contributed by atoms with van der Waals surface area (Å²) >= 11 is 0. The number of anilines is 1. The molecular formula is C13H21N3O. The van der Waals surface area contributed by atoms with E-state index in [9.17, 15) is 0 Å². The molecule has 3 N–H and O–H groups in total. The highest BCUT2D eigenvalue weighted by atomic mass is 16.4. The molecule has 0 heterocycles. The Kier molecular flexibility index (Phi) is 4.82. The molecule has 0 aliphatic rings. The van der Waals surface area contributed by atoms with Crippen LogP contribution in [0.15, 0.2) is 23.4 Å². The fraction of sp³-hybridized carbons (Fsp3) is 0.462. The maximum atomic E-state index is 8.83. The average molecular weight is 235 g/mol. The lowest BCUT2D eigenvalue weighted by Crippen LogP contribution is -2.27. The zero-order chi connectivity index (χ0) is 12.8. The third kappa shape index (κ3) is 3.12. The Morgan fingerprint density at radius 3 is 2.65 bits per heavy atom. The van der Waals surface area contributed by atoms with E-state index < -0.39 is 0 Å². The first kappa shape index (κ1) is 13.4. The lowest BCUT2D eigenvalue weighted by atomic mass is 10.1. The van der Waals surface area contributed by atoms with E-state index in [1.165, 1.54) is 0 Å². The molecule has 0 atom stereocenters. The van der Waals surface area contributed by atoms with Crippen LogP contribution in [0.25, 0.3) is 0 Å². The highest BCUT2D eigenvalue weighted by molar-refractivity contribution is 6.02. The van der Waals surface area contributed by atoms with Crippen molar-refractivity contribution >= 4 is 11.5 Å². The summed E-state index contributed by atoms with van der Waals surface area (Å²) in [7, 11) is 0. The lowest BCUT2D eigenvalue weighted by molar-refractivity contribution is 0.318. The molecule has 17 heavy (non-hydrogen) atoms. The van der Waals surface area contributed by atoms with Crippen LogP contribution in [-0.2, 0) is 0 Å². The van der Waals surface area contributed by atoms with Crippen LogP contribution in [0.3, 0.4) is 0 Å². The van der Waals surface area contributed by atoms with Crippen LogP contribution in [0.2, 0.25) is 0 Å². The molecule has 0 bridgehead atoms. The largest absolute Gasteiger partial charge is 0.409 e. The van der Waals surface area contributed by atoms with E-state index in [4.69, 9.17) is 10.9 Å². The monoisotopic (exact) mass is 235 g/mol. The van der Waals surface area contributed by atoms with Crippen LogP contribution in [0, 0.1) is 6.92 Å². The summed E-state index contributed by atoms with van der Waals surface area (Å²) in [6.45, 7) is 8.10. The second-order valence-corrected chi connectivity index (χ2v) is 4.09. The second-order valence-electron chi connectivity index (χ2n) is 4.09. The van der Waals surface area contributed by atoms with Gasteiger partial charge in [-0.2, -0.15) is 0 Å². The third-order valence-electron chi connectivity index (χ3n) is 2.75. The molecule has 0 amide bonds. The molecule has 1 aromatic rings. The van der Waals surface area contributed by atoms with Crippen LogP contribution in [-0.4, -0.2) is 24.1 Å². The summed E-state index contributed by atoms with van der Waals surface area (Å²) in [6, 6.07) is 6.02. The number of oxime groups is 1. The van der Waals surface area contributed by atoms with Crippen molar-refractivity contribution in [3.63, 3.8) is 0 Å². The number of benzene rings is 1. The summed E-state index contributed by atoms with van der Waals surface area (Å²) in [5.41, 5.74) is 8.64. The van der Waals surface area contributed by atoms with Gasteiger partial charge in [0.25, 0.3) is 0 Å². The summed E-state index contributed by atoms with van der Waals surface area (Å²) < 4.78 is 0. The fourth-order valence-electron chi connectivity index (χ4n) is 1.90. The van der Waals surface area contributed by atoms with Crippen LogP contribution in [0.5, 0.6) is 0 Å². The molecule has 0 aliphatic heterocycles. The van der Waals surface area contributed by atoms with E-state index in [0.717, 1.165) is 36.3 Å². The molecule has 0 saturated heterocycles. The fourth-order valence-corrected chi connectivity index (χ4v) is 1.90. The van der Waals surface area contributed by atoms with E-state index in [1.54, 1.807) is 0 Å². The minimum absolute atomic E-state index is 0.165. The number of hydrogen-bond donors (Lipinski definition) is 2. The zero-order valence-corrected chi connectivity index (χ0v) is 10.8. The zero-order valence-electron chi connectivity index (χ0n) is 10.8. The Morgan fingerprint density at radius 2 is 2.12 bits per heavy atom. The van der Waals surface area contributed by atoms with Gasteiger partial charge in [-0.05, 0) is 32.4 Å². The topological polar surface area (TPSA) is 61.8 Å².